The van der Waals surface area contributed by atoms with Gasteiger partial charge in [-0.1, -0.05) is 26.0 Å². The Morgan fingerprint density at radius 3 is 2.41 bits per heavy atom. The molecule has 1 saturated heterocycles. The number of hydrogen-bond acceptors (Lipinski definition) is 4. The first kappa shape index (κ1) is 17.1. The molecule has 0 bridgehead atoms. The van der Waals surface area contributed by atoms with Crippen LogP contribution in [0.4, 0.5) is 0 Å². The molecule has 1 aliphatic heterocycles. The highest BCUT2D eigenvalue weighted by Gasteiger charge is 2.76. The SMILES string of the molecule is CC(=O)/C=C/C=C(\C)C(=O)CC12O[C@]1(C)C[C@@H](O)CC2(C)C. The summed E-state index contributed by atoms with van der Waals surface area (Å²) in [7, 11) is 0. The molecule has 22 heavy (non-hydrogen) atoms. The maximum atomic E-state index is 12.5. The number of ether oxygens (including phenoxy) is 1. The molecule has 1 N–H and O–H groups in total. The molecule has 122 valence electrons. The first-order valence-electron chi connectivity index (χ1n) is 7.80. The molecule has 0 radical (unpaired) electrons. The summed E-state index contributed by atoms with van der Waals surface area (Å²) in [4.78, 5) is 23.4. The summed E-state index contributed by atoms with van der Waals surface area (Å²) in [5.41, 5.74) is -0.536. The van der Waals surface area contributed by atoms with Crippen LogP contribution in [0.5, 0.6) is 0 Å². The number of carbonyl (C=O) groups is 2. The Balaban J connectivity index is 2.13. The molecule has 4 heteroatoms. The van der Waals surface area contributed by atoms with Gasteiger partial charge in [-0.05, 0) is 44.3 Å². The van der Waals surface area contributed by atoms with Crippen molar-refractivity contribution in [1.29, 1.82) is 0 Å². The van der Waals surface area contributed by atoms with Crippen molar-refractivity contribution in [2.75, 3.05) is 0 Å². The summed E-state index contributed by atoms with van der Waals surface area (Å²) in [6, 6.07) is 0. The predicted molar refractivity (Wildman–Crippen MR) is 84.4 cm³/mol. The molecule has 4 nitrogen and oxygen atoms in total. The van der Waals surface area contributed by atoms with E-state index in [4.69, 9.17) is 4.74 Å². The van der Waals surface area contributed by atoms with Crippen LogP contribution < -0.4 is 0 Å². The zero-order chi connectivity index (χ0) is 16.8. The number of aliphatic hydroxyl groups excluding tert-OH is 1. The molecule has 0 amide bonds. The third kappa shape index (κ3) is 2.82. The van der Waals surface area contributed by atoms with Crippen molar-refractivity contribution < 1.29 is 19.4 Å². The zero-order valence-corrected chi connectivity index (χ0v) is 14.1. The largest absolute Gasteiger partial charge is 0.393 e. The minimum Gasteiger partial charge on any atom is -0.393 e. The Morgan fingerprint density at radius 1 is 1.23 bits per heavy atom. The lowest BCUT2D eigenvalue weighted by molar-refractivity contribution is -0.118. The Morgan fingerprint density at radius 2 is 1.86 bits per heavy atom. The third-order valence-electron chi connectivity index (χ3n) is 5.20. The van der Waals surface area contributed by atoms with E-state index in [0.29, 0.717) is 24.8 Å². The van der Waals surface area contributed by atoms with E-state index in [2.05, 4.69) is 13.8 Å². The minimum absolute atomic E-state index is 0.0291. The fraction of sp³-hybridized carbons (Fsp3) is 0.667. The van der Waals surface area contributed by atoms with E-state index in [9.17, 15) is 14.7 Å². The Labute approximate surface area is 132 Å². The van der Waals surface area contributed by atoms with Crippen molar-refractivity contribution in [3.63, 3.8) is 0 Å². The third-order valence-corrected chi connectivity index (χ3v) is 5.20. The van der Waals surface area contributed by atoms with Crippen molar-refractivity contribution >= 4 is 11.6 Å². The predicted octanol–water partition coefficient (Wildman–Crippen LogP) is 2.75. The van der Waals surface area contributed by atoms with Crippen LogP contribution >= 0.6 is 0 Å². The number of hydrogen-bond donors (Lipinski definition) is 1. The van der Waals surface area contributed by atoms with Crippen LogP contribution in [-0.4, -0.2) is 34.0 Å². The van der Waals surface area contributed by atoms with Gasteiger partial charge in [0.2, 0.25) is 0 Å². The van der Waals surface area contributed by atoms with Crippen molar-refractivity contribution in [2.24, 2.45) is 5.41 Å². The summed E-state index contributed by atoms with van der Waals surface area (Å²) < 4.78 is 6.02. The molecule has 1 unspecified atom stereocenters. The highest BCUT2D eigenvalue weighted by molar-refractivity contribution is 5.96. The van der Waals surface area contributed by atoms with Crippen LogP contribution in [0.15, 0.2) is 23.8 Å². The Hall–Kier alpha value is -1.26. The van der Waals surface area contributed by atoms with Crippen LogP contribution in [0.25, 0.3) is 0 Å². The quantitative estimate of drug-likeness (QED) is 0.482. The van der Waals surface area contributed by atoms with Gasteiger partial charge in [0.25, 0.3) is 0 Å². The lowest BCUT2D eigenvalue weighted by Crippen LogP contribution is -2.48. The van der Waals surface area contributed by atoms with Crippen LogP contribution in [0.2, 0.25) is 0 Å². The molecule has 2 aliphatic rings. The fourth-order valence-electron chi connectivity index (χ4n) is 3.94. The van der Waals surface area contributed by atoms with Crippen molar-refractivity contribution in [3.8, 4) is 0 Å². The molecule has 0 aromatic carbocycles. The average molecular weight is 306 g/mol. The molecule has 2 rings (SSSR count). The molecule has 0 spiro atoms. The minimum atomic E-state index is -0.490. The molecule has 1 aliphatic carbocycles. The van der Waals surface area contributed by atoms with Gasteiger partial charge in [0.1, 0.15) is 5.60 Å². The van der Waals surface area contributed by atoms with Gasteiger partial charge >= 0.3 is 0 Å². The van der Waals surface area contributed by atoms with Crippen LogP contribution in [0.3, 0.4) is 0 Å². The van der Waals surface area contributed by atoms with E-state index in [-0.39, 0.29) is 23.1 Å². The van der Waals surface area contributed by atoms with Gasteiger partial charge in [0, 0.05) is 12.8 Å². The first-order valence-corrected chi connectivity index (χ1v) is 7.80. The number of aliphatic hydroxyl groups is 1. The number of Topliss-reactive ketones (excluding diaryl/α,β-unsaturated/α-hetero) is 1. The van der Waals surface area contributed by atoms with E-state index in [1.54, 1.807) is 19.1 Å². The molecule has 1 saturated carbocycles. The van der Waals surface area contributed by atoms with Gasteiger partial charge < -0.3 is 9.84 Å². The lowest BCUT2D eigenvalue weighted by Gasteiger charge is -2.40. The molecule has 0 aromatic heterocycles. The summed E-state index contributed by atoms with van der Waals surface area (Å²) >= 11 is 0. The van der Waals surface area contributed by atoms with E-state index in [1.807, 2.05) is 6.92 Å². The van der Waals surface area contributed by atoms with Gasteiger partial charge in [-0.2, -0.15) is 0 Å². The van der Waals surface area contributed by atoms with Crippen LogP contribution in [0.1, 0.15) is 53.9 Å². The summed E-state index contributed by atoms with van der Waals surface area (Å²) in [6.45, 7) is 9.33. The molecular formula is C18H26O4. The normalized spacial score (nSPS) is 37.0. The van der Waals surface area contributed by atoms with Crippen LogP contribution in [0, 0.1) is 5.41 Å². The summed E-state index contributed by atoms with van der Waals surface area (Å²) in [5, 5.41) is 10.0. The van der Waals surface area contributed by atoms with Crippen molar-refractivity contribution in [2.45, 2.75) is 71.2 Å². The van der Waals surface area contributed by atoms with Gasteiger partial charge in [-0.3, -0.25) is 9.59 Å². The maximum Gasteiger partial charge on any atom is 0.161 e. The molecule has 1 heterocycles. The number of allylic oxidation sites excluding steroid dienone is 4. The molecule has 0 aromatic rings. The van der Waals surface area contributed by atoms with Gasteiger partial charge in [0.05, 0.1) is 11.7 Å². The van der Waals surface area contributed by atoms with Gasteiger partial charge in [-0.15, -0.1) is 0 Å². The average Bonchev–Trinajstić information content (AvgIpc) is 2.93. The van der Waals surface area contributed by atoms with Crippen molar-refractivity contribution in [1.82, 2.24) is 0 Å². The number of rotatable bonds is 5. The second-order valence-electron chi connectivity index (χ2n) is 7.53. The monoisotopic (exact) mass is 306 g/mol. The molecule has 3 atom stereocenters. The second kappa shape index (κ2) is 5.43. The number of epoxide rings is 1. The second-order valence-corrected chi connectivity index (χ2v) is 7.53. The standard InChI is InChI=1S/C18H26O4/c1-12(7-6-8-13(2)19)15(21)11-18-16(3,4)9-14(20)10-17(18,5)22-18/h6-8,14,20H,9-11H2,1-5H3/b8-6+,12-7+/t14-,17+,18?/m0/s1. The number of carbonyl (C=O) groups excluding carboxylic acids is 2. The Kier molecular flexibility index (Phi) is 4.22. The highest BCUT2D eigenvalue weighted by Crippen LogP contribution is 2.67. The topological polar surface area (TPSA) is 66.9 Å². The van der Waals surface area contributed by atoms with E-state index in [1.165, 1.54) is 13.0 Å². The summed E-state index contributed by atoms with van der Waals surface area (Å²) in [5.74, 6) is -0.0167. The van der Waals surface area contributed by atoms with E-state index < -0.39 is 11.2 Å². The molecule has 2 fully saturated rings. The van der Waals surface area contributed by atoms with E-state index >= 15 is 0 Å². The zero-order valence-electron chi connectivity index (χ0n) is 14.1. The summed E-state index contributed by atoms with van der Waals surface area (Å²) in [6.07, 6.45) is 5.88. The van der Waals surface area contributed by atoms with Gasteiger partial charge in [0.15, 0.2) is 11.6 Å². The number of ketones is 2. The smallest absolute Gasteiger partial charge is 0.161 e. The fourth-order valence-corrected chi connectivity index (χ4v) is 3.94. The van der Waals surface area contributed by atoms with Crippen LogP contribution in [-0.2, 0) is 14.3 Å². The molecular weight excluding hydrogens is 280 g/mol. The van der Waals surface area contributed by atoms with Crippen molar-refractivity contribution in [3.05, 3.63) is 23.8 Å². The Bertz CT molecular complexity index is 557. The highest BCUT2D eigenvalue weighted by atomic mass is 16.6. The number of fused-ring (bicyclic) bond motifs is 1. The first-order chi connectivity index (χ1) is 10.0. The maximum absolute atomic E-state index is 12.5. The van der Waals surface area contributed by atoms with E-state index in [0.717, 1.165) is 0 Å². The lowest BCUT2D eigenvalue weighted by atomic mass is 9.61. The van der Waals surface area contributed by atoms with Gasteiger partial charge in [-0.25, -0.2) is 0 Å².